The molecule has 2 rings (SSSR count). The third-order valence-corrected chi connectivity index (χ3v) is 3.21. The summed E-state index contributed by atoms with van der Waals surface area (Å²) in [6.45, 7) is 2.93. The fourth-order valence-corrected chi connectivity index (χ4v) is 2.21. The lowest BCUT2D eigenvalue weighted by atomic mass is 10.1. The van der Waals surface area contributed by atoms with Gasteiger partial charge >= 0.3 is 0 Å². The van der Waals surface area contributed by atoms with Gasteiger partial charge in [-0.15, -0.1) is 0 Å². The van der Waals surface area contributed by atoms with E-state index in [2.05, 4.69) is 10.2 Å². The average molecular weight is 256 g/mol. The van der Waals surface area contributed by atoms with Crippen molar-refractivity contribution in [2.24, 2.45) is 0 Å². The minimum absolute atomic E-state index is 0.139. The average Bonchev–Trinajstić information content (AvgIpc) is 2.36. The summed E-state index contributed by atoms with van der Waals surface area (Å²) in [5, 5.41) is 3.07. The zero-order valence-electron chi connectivity index (χ0n) is 10.5. The highest BCUT2D eigenvalue weighted by Crippen LogP contribution is 2.17. The Morgan fingerprint density at radius 3 is 2.78 bits per heavy atom. The van der Waals surface area contributed by atoms with Crippen LogP contribution in [-0.2, 0) is 11.3 Å². The molecule has 5 heteroatoms. The fourth-order valence-electron chi connectivity index (χ4n) is 2.21. The summed E-state index contributed by atoms with van der Waals surface area (Å²) in [6, 6.07) is 4.14. The molecule has 0 radical (unpaired) electrons. The highest BCUT2D eigenvalue weighted by molar-refractivity contribution is 5.19. The van der Waals surface area contributed by atoms with Gasteiger partial charge < -0.3 is 10.1 Å². The largest absolute Gasteiger partial charge is 0.378 e. The van der Waals surface area contributed by atoms with E-state index in [1.165, 1.54) is 18.2 Å². The lowest BCUT2D eigenvalue weighted by Crippen LogP contribution is -2.49. The van der Waals surface area contributed by atoms with Gasteiger partial charge in [-0.1, -0.05) is 6.07 Å². The highest BCUT2D eigenvalue weighted by atomic mass is 19.1. The Labute approximate surface area is 106 Å². The Morgan fingerprint density at radius 1 is 1.39 bits per heavy atom. The van der Waals surface area contributed by atoms with Crippen molar-refractivity contribution in [1.29, 1.82) is 0 Å². The van der Waals surface area contributed by atoms with Gasteiger partial charge in [0.05, 0.1) is 13.2 Å². The van der Waals surface area contributed by atoms with Gasteiger partial charge in [-0.3, -0.25) is 4.90 Å². The van der Waals surface area contributed by atoms with Gasteiger partial charge in [0, 0.05) is 31.2 Å². The standard InChI is InChI=1S/C13H18F2N2O/c1-16-7-10-9-18-6-5-17(10)8-11-12(14)3-2-4-13(11)15/h2-4,10,16H,5-9H2,1H3. The maximum atomic E-state index is 13.6. The van der Waals surface area contributed by atoms with Crippen LogP contribution in [-0.4, -0.2) is 44.3 Å². The molecule has 0 saturated carbocycles. The topological polar surface area (TPSA) is 24.5 Å². The van der Waals surface area contributed by atoms with Crippen LogP contribution in [0.15, 0.2) is 18.2 Å². The molecule has 1 aliphatic rings. The molecule has 3 nitrogen and oxygen atoms in total. The third-order valence-electron chi connectivity index (χ3n) is 3.21. The third kappa shape index (κ3) is 3.04. The van der Waals surface area contributed by atoms with Crippen molar-refractivity contribution in [1.82, 2.24) is 10.2 Å². The van der Waals surface area contributed by atoms with Crippen molar-refractivity contribution >= 4 is 0 Å². The Hall–Kier alpha value is -1.04. The first kappa shape index (κ1) is 13.4. The lowest BCUT2D eigenvalue weighted by molar-refractivity contribution is -0.0112. The molecule has 1 aromatic rings. The van der Waals surface area contributed by atoms with Crippen LogP contribution in [0.1, 0.15) is 5.56 Å². The van der Waals surface area contributed by atoms with E-state index in [1.54, 1.807) is 0 Å². The number of rotatable bonds is 4. The van der Waals surface area contributed by atoms with Crippen LogP contribution >= 0.6 is 0 Å². The van der Waals surface area contributed by atoms with Crippen LogP contribution in [0.4, 0.5) is 8.78 Å². The van der Waals surface area contributed by atoms with Crippen molar-refractivity contribution < 1.29 is 13.5 Å². The predicted molar refractivity (Wildman–Crippen MR) is 65.3 cm³/mol. The molecule has 0 aromatic heterocycles. The molecule has 1 atom stereocenters. The van der Waals surface area contributed by atoms with E-state index in [0.29, 0.717) is 19.8 Å². The van der Waals surface area contributed by atoms with E-state index < -0.39 is 11.6 Å². The molecule has 100 valence electrons. The predicted octanol–water partition coefficient (Wildman–Crippen LogP) is 1.38. The Bertz CT molecular complexity index is 378. The summed E-state index contributed by atoms with van der Waals surface area (Å²) in [7, 11) is 1.86. The van der Waals surface area contributed by atoms with Crippen molar-refractivity contribution in [3.63, 3.8) is 0 Å². The number of morpholine rings is 1. The number of ether oxygens (including phenoxy) is 1. The second-order valence-corrected chi connectivity index (χ2v) is 4.46. The van der Waals surface area contributed by atoms with E-state index in [9.17, 15) is 8.78 Å². The first-order valence-corrected chi connectivity index (χ1v) is 6.11. The maximum absolute atomic E-state index is 13.6. The zero-order valence-corrected chi connectivity index (χ0v) is 10.5. The molecule has 1 aromatic carbocycles. The van der Waals surface area contributed by atoms with E-state index in [4.69, 9.17) is 4.74 Å². The minimum Gasteiger partial charge on any atom is -0.378 e. The number of nitrogens with zero attached hydrogens (tertiary/aromatic N) is 1. The smallest absolute Gasteiger partial charge is 0.130 e. The van der Waals surface area contributed by atoms with E-state index in [1.807, 2.05) is 7.05 Å². The Kier molecular flexibility index (Phi) is 4.63. The SMILES string of the molecule is CNCC1COCCN1Cc1c(F)cccc1F. The molecule has 1 heterocycles. The Balaban J connectivity index is 2.11. The lowest BCUT2D eigenvalue weighted by Gasteiger charge is -2.35. The van der Waals surface area contributed by atoms with Crippen molar-refractivity contribution in [2.75, 3.05) is 33.4 Å². The van der Waals surface area contributed by atoms with Gasteiger partial charge in [-0.2, -0.15) is 0 Å². The number of hydrogen-bond acceptors (Lipinski definition) is 3. The summed E-state index contributed by atoms with van der Waals surface area (Å²) in [6.07, 6.45) is 0. The van der Waals surface area contributed by atoms with Crippen molar-refractivity contribution in [3.05, 3.63) is 35.4 Å². The first-order chi connectivity index (χ1) is 8.72. The summed E-state index contributed by atoms with van der Waals surface area (Å²) >= 11 is 0. The molecular weight excluding hydrogens is 238 g/mol. The van der Waals surface area contributed by atoms with Crippen LogP contribution in [0.25, 0.3) is 0 Å². The monoisotopic (exact) mass is 256 g/mol. The molecule has 0 amide bonds. The summed E-state index contributed by atoms with van der Waals surface area (Å²) in [5.41, 5.74) is 0.139. The molecule has 1 saturated heterocycles. The van der Waals surface area contributed by atoms with E-state index in [-0.39, 0.29) is 18.2 Å². The van der Waals surface area contributed by atoms with Crippen molar-refractivity contribution in [3.8, 4) is 0 Å². The van der Waals surface area contributed by atoms with E-state index >= 15 is 0 Å². The molecule has 0 bridgehead atoms. The van der Waals surface area contributed by atoms with Gasteiger partial charge in [-0.05, 0) is 19.2 Å². The van der Waals surface area contributed by atoms with Crippen molar-refractivity contribution in [2.45, 2.75) is 12.6 Å². The molecule has 1 N–H and O–H groups in total. The van der Waals surface area contributed by atoms with Gasteiger partial charge in [0.1, 0.15) is 11.6 Å². The summed E-state index contributed by atoms with van der Waals surface area (Å²) in [4.78, 5) is 2.06. The quantitative estimate of drug-likeness (QED) is 0.881. The van der Waals surface area contributed by atoms with Crippen LogP contribution < -0.4 is 5.32 Å². The zero-order chi connectivity index (χ0) is 13.0. The molecule has 1 fully saturated rings. The van der Waals surface area contributed by atoms with Gasteiger partial charge in [0.25, 0.3) is 0 Å². The summed E-state index contributed by atoms with van der Waals surface area (Å²) < 4.78 is 32.6. The maximum Gasteiger partial charge on any atom is 0.130 e. The molecular formula is C13H18F2N2O. The van der Waals surface area contributed by atoms with E-state index in [0.717, 1.165) is 6.54 Å². The first-order valence-electron chi connectivity index (χ1n) is 6.11. The number of halogens is 2. The number of likely N-dealkylation sites (N-methyl/N-ethyl adjacent to an activating group) is 1. The van der Waals surface area contributed by atoms with Gasteiger partial charge in [-0.25, -0.2) is 8.78 Å². The molecule has 18 heavy (non-hydrogen) atoms. The summed E-state index contributed by atoms with van der Waals surface area (Å²) in [5.74, 6) is -0.964. The minimum atomic E-state index is -0.482. The Morgan fingerprint density at radius 2 is 2.11 bits per heavy atom. The van der Waals surface area contributed by atoms with Crippen LogP contribution in [0.3, 0.4) is 0 Å². The van der Waals surface area contributed by atoms with Gasteiger partial charge in [0.15, 0.2) is 0 Å². The second kappa shape index (κ2) is 6.22. The highest BCUT2D eigenvalue weighted by Gasteiger charge is 2.24. The van der Waals surface area contributed by atoms with Crippen LogP contribution in [0, 0.1) is 11.6 Å². The molecule has 0 aliphatic carbocycles. The fraction of sp³-hybridized carbons (Fsp3) is 0.538. The molecule has 1 unspecified atom stereocenters. The van der Waals surface area contributed by atoms with Crippen LogP contribution in [0.5, 0.6) is 0 Å². The molecule has 1 aliphatic heterocycles. The van der Waals surface area contributed by atoms with Crippen LogP contribution in [0.2, 0.25) is 0 Å². The van der Waals surface area contributed by atoms with Gasteiger partial charge in [0.2, 0.25) is 0 Å². The number of hydrogen-bond donors (Lipinski definition) is 1. The number of benzene rings is 1. The number of nitrogens with one attached hydrogen (secondary N) is 1. The molecule has 0 spiro atoms. The normalized spacial score (nSPS) is 21.2. The second-order valence-electron chi connectivity index (χ2n) is 4.46.